The van der Waals surface area contributed by atoms with Gasteiger partial charge in [0.15, 0.2) is 0 Å². The van der Waals surface area contributed by atoms with Crippen molar-refractivity contribution in [3.8, 4) is 0 Å². The topological polar surface area (TPSA) is 58.2 Å². The van der Waals surface area contributed by atoms with Crippen LogP contribution in [-0.2, 0) is 22.7 Å². The van der Waals surface area contributed by atoms with E-state index >= 15 is 0 Å². The lowest BCUT2D eigenvalue weighted by molar-refractivity contribution is -0.129. The molecule has 0 aliphatic carbocycles. The van der Waals surface area contributed by atoms with Crippen LogP contribution in [0.5, 0.6) is 0 Å². The second-order valence-corrected chi connectivity index (χ2v) is 5.70. The molecule has 4 nitrogen and oxygen atoms in total. The Hall–Kier alpha value is -2.62. The molecule has 0 radical (unpaired) electrons. The maximum Gasteiger partial charge on any atom is 0.229 e. The molecule has 2 rings (SSSR count). The van der Waals surface area contributed by atoms with Crippen LogP contribution in [-0.4, -0.2) is 11.8 Å². The zero-order chi connectivity index (χ0) is 16.7. The van der Waals surface area contributed by atoms with Crippen molar-refractivity contribution >= 4 is 11.8 Å². The average Bonchev–Trinajstić information content (AvgIpc) is 2.52. The average molecular weight is 310 g/mol. The summed E-state index contributed by atoms with van der Waals surface area (Å²) in [7, 11) is 0. The highest BCUT2D eigenvalue weighted by atomic mass is 16.2. The normalized spacial score (nSPS) is 10.2. The third-order valence-electron chi connectivity index (χ3n) is 3.50. The molecule has 0 saturated heterocycles. The standard InChI is InChI=1S/C19H22N2O2/c1-14-6-8-16(9-7-14)12-20-18(22)11-19(23)21-13-17-5-3-4-15(2)10-17/h3-10H,11-13H2,1-2H3,(H,20,22)(H,21,23). The van der Waals surface area contributed by atoms with Crippen LogP contribution in [0.15, 0.2) is 48.5 Å². The van der Waals surface area contributed by atoms with Gasteiger partial charge in [-0.3, -0.25) is 9.59 Å². The van der Waals surface area contributed by atoms with Gasteiger partial charge in [0.1, 0.15) is 6.42 Å². The molecule has 0 bridgehead atoms. The Morgan fingerprint density at radius 2 is 1.39 bits per heavy atom. The molecule has 0 aliphatic rings. The van der Waals surface area contributed by atoms with Gasteiger partial charge in [-0.25, -0.2) is 0 Å². The summed E-state index contributed by atoms with van der Waals surface area (Å²) >= 11 is 0. The molecule has 2 N–H and O–H groups in total. The Balaban J connectivity index is 1.72. The molecule has 2 aromatic rings. The number of carbonyl (C=O) groups is 2. The van der Waals surface area contributed by atoms with Gasteiger partial charge in [0, 0.05) is 13.1 Å². The minimum Gasteiger partial charge on any atom is -0.352 e. The van der Waals surface area contributed by atoms with E-state index in [1.54, 1.807) is 0 Å². The Kier molecular flexibility index (Phi) is 5.92. The number of nitrogens with one attached hydrogen (secondary N) is 2. The smallest absolute Gasteiger partial charge is 0.229 e. The lowest BCUT2D eigenvalue weighted by atomic mass is 10.1. The zero-order valence-corrected chi connectivity index (χ0v) is 13.6. The fraction of sp³-hybridized carbons (Fsp3) is 0.263. The summed E-state index contributed by atoms with van der Waals surface area (Å²) in [5, 5.41) is 5.52. The van der Waals surface area contributed by atoms with Crippen molar-refractivity contribution in [3.05, 3.63) is 70.8 Å². The van der Waals surface area contributed by atoms with Crippen LogP contribution < -0.4 is 10.6 Å². The molecule has 0 aromatic heterocycles. The first kappa shape index (κ1) is 16.7. The van der Waals surface area contributed by atoms with Crippen molar-refractivity contribution in [1.29, 1.82) is 0 Å². The van der Waals surface area contributed by atoms with Crippen molar-refractivity contribution in [2.75, 3.05) is 0 Å². The molecule has 0 atom stereocenters. The molecule has 2 aromatic carbocycles. The SMILES string of the molecule is Cc1ccc(CNC(=O)CC(=O)NCc2cccc(C)c2)cc1. The van der Waals surface area contributed by atoms with E-state index in [1.807, 2.05) is 62.4 Å². The van der Waals surface area contributed by atoms with Crippen LogP contribution in [0, 0.1) is 13.8 Å². The Morgan fingerprint density at radius 1 is 0.783 bits per heavy atom. The van der Waals surface area contributed by atoms with E-state index in [0.29, 0.717) is 13.1 Å². The minimum absolute atomic E-state index is 0.155. The van der Waals surface area contributed by atoms with Crippen LogP contribution in [0.1, 0.15) is 28.7 Å². The van der Waals surface area contributed by atoms with E-state index in [4.69, 9.17) is 0 Å². The number of benzene rings is 2. The Labute approximate surface area is 136 Å². The summed E-state index contributed by atoms with van der Waals surface area (Å²) in [6, 6.07) is 15.8. The number of aryl methyl sites for hydroxylation is 2. The highest BCUT2D eigenvalue weighted by Crippen LogP contribution is 2.04. The first-order valence-corrected chi connectivity index (χ1v) is 7.67. The lowest BCUT2D eigenvalue weighted by Crippen LogP contribution is -2.31. The van der Waals surface area contributed by atoms with E-state index in [0.717, 1.165) is 16.7 Å². The zero-order valence-electron chi connectivity index (χ0n) is 13.6. The Morgan fingerprint density at radius 3 is 2.00 bits per heavy atom. The van der Waals surface area contributed by atoms with Crippen LogP contribution in [0.2, 0.25) is 0 Å². The first-order chi connectivity index (χ1) is 11.0. The van der Waals surface area contributed by atoms with Gasteiger partial charge in [0.05, 0.1) is 0 Å². The van der Waals surface area contributed by atoms with Gasteiger partial charge in [-0.15, -0.1) is 0 Å². The van der Waals surface area contributed by atoms with Crippen molar-refractivity contribution < 1.29 is 9.59 Å². The molecular formula is C19H22N2O2. The van der Waals surface area contributed by atoms with Gasteiger partial charge in [-0.1, -0.05) is 59.7 Å². The van der Waals surface area contributed by atoms with Crippen LogP contribution in [0.4, 0.5) is 0 Å². The Bertz CT molecular complexity index is 678. The van der Waals surface area contributed by atoms with E-state index in [1.165, 1.54) is 5.56 Å². The quantitative estimate of drug-likeness (QED) is 0.806. The molecule has 0 fully saturated rings. The predicted octanol–water partition coefficient (Wildman–Crippen LogP) is 2.63. The lowest BCUT2D eigenvalue weighted by Gasteiger charge is -2.07. The van der Waals surface area contributed by atoms with Gasteiger partial charge >= 0.3 is 0 Å². The molecule has 0 aliphatic heterocycles. The van der Waals surface area contributed by atoms with E-state index in [2.05, 4.69) is 10.6 Å². The number of amides is 2. The van der Waals surface area contributed by atoms with Crippen LogP contribution in [0.3, 0.4) is 0 Å². The molecule has 0 saturated carbocycles. The predicted molar refractivity (Wildman–Crippen MR) is 90.7 cm³/mol. The number of hydrogen-bond acceptors (Lipinski definition) is 2. The van der Waals surface area contributed by atoms with Gasteiger partial charge < -0.3 is 10.6 Å². The van der Waals surface area contributed by atoms with Gasteiger partial charge in [0.25, 0.3) is 0 Å². The maximum absolute atomic E-state index is 11.8. The number of carbonyl (C=O) groups excluding carboxylic acids is 2. The van der Waals surface area contributed by atoms with Gasteiger partial charge in [-0.2, -0.15) is 0 Å². The summed E-state index contributed by atoms with van der Waals surface area (Å²) < 4.78 is 0. The highest BCUT2D eigenvalue weighted by molar-refractivity contribution is 5.96. The summed E-state index contributed by atoms with van der Waals surface area (Å²) in [6.45, 7) is 4.89. The molecule has 120 valence electrons. The summed E-state index contributed by atoms with van der Waals surface area (Å²) in [5.74, 6) is -0.541. The fourth-order valence-corrected chi connectivity index (χ4v) is 2.20. The third-order valence-corrected chi connectivity index (χ3v) is 3.50. The van der Waals surface area contributed by atoms with E-state index in [-0.39, 0.29) is 18.2 Å². The number of rotatable bonds is 6. The van der Waals surface area contributed by atoms with Crippen LogP contribution >= 0.6 is 0 Å². The molecule has 0 unspecified atom stereocenters. The third kappa shape index (κ3) is 5.94. The fourth-order valence-electron chi connectivity index (χ4n) is 2.20. The summed E-state index contributed by atoms with van der Waals surface area (Å²) in [5.41, 5.74) is 4.37. The summed E-state index contributed by atoms with van der Waals surface area (Å²) in [6.07, 6.45) is -0.155. The maximum atomic E-state index is 11.8. The van der Waals surface area contributed by atoms with Gasteiger partial charge in [-0.05, 0) is 25.0 Å². The second kappa shape index (κ2) is 8.13. The number of hydrogen-bond donors (Lipinski definition) is 2. The van der Waals surface area contributed by atoms with E-state index in [9.17, 15) is 9.59 Å². The molecule has 0 heterocycles. The van der Waals surface area contributed by atoms with Gasteiger partial charge in [0.2, 0.25) is 11.8 Å². The molecule has 2 amide bonds. The highest BCUT2D eigenvalue weighted by Gasteiger charge is 2.08. The van der Waals surface area contributed by atoms with Crippen molar-refractivity contribution in [2.24, 2.45) is 0 Å². The first-order valence-electron chi connectivity index (χ1n) is 7.67. The van der Waals surface area contributed by atoms with Crippen molar-refractivity contribution in [2.45, 2.75) is 33.4 Å². The molecule has 4 heteroatoms. The van der Waals surface area contributed by atoms with Crippen molar-refractivity contribution in [3.63, 3.8) is 0 Å². The van der Waals surface area contributed by atoms with E-state index < -0.39 is 0 Å². The summed E-state index contributed by atoms with van der Waals surface area (Å²) in [4.78, 5) is 23.6. The molecule has 23 heavy (non-hydrogen) atoms. The minimum atomic E-state index is -0.271. The van der Waals surface area contributed by atoms with Crippen molar-refractivity contribution in [1.82, 2.24) is 10.6 Å². The molecule has 0 spiro atoms. The monoisotopic (exact) mass is 310 g/mol. The second-order valence-electron chi connectivity index (χ2n) is 5.70. The molecular weight excluding hydrogens is 288 g/mol. The largest absolute Gasteiger partial charge is 0.352 e. The van der Waals surface area contributed by atoms with Crippen LogP contribution in [0.25, 0.3) is 0 Å².